The van der Waals surface area contributed by atoms with Crippen molar-refractivity contribution in [2.75, 3.05) is 5.75 Å². The van der Waals surface area contributed by atoms with E-state index in [4.69, 9.17) is 0 Å². The highest BCUT2D eigenvalue weighted by atomic mass is 32.2. The standard InChI is InChI=1S/C15H14F3NO3S/c1-2-10-23(20,21)22-19-14(15(16,17)18)13-9-5-7-11-6-3-4-8-12(11)13/h3-9H,2,10H2,1H3. The minimum absolute atomic E-state index is 0.216. The van der Waals surface area contributed by atoms with Gasteiger partial charge in [-0.3, -0.25) is 4.28 Å². The first-order valence-corrected chi connectivity index (χ1v) is 8.37. The molecule has 0 saturated carbocycles. The molecule has 0 atom stereocenters. The quantitative estimate of drug-likeness (QED) is 0.611. The molecule has 0 unspecified atom stereocenters. The maximum absolute atomic E-state index is 13.3. The van der Waals surface area contributed by atoms with Crippen molar-refractivity contribution in [3.05, 3.63) is 48.0 Å². The summed E-state index contributed by atoms with van der Waals surface area (Å²) < 4.78 is 67.0. The van der Waals surface area contributed by atoms with Crippen LogP contribution < -0.4 is 0 Å². The van der Waals surface area contributed by atoms with E-state index in [-0.39, 0.29) is 12.0 Å². The predicted octanol–water partition coefficient (Wildman–Crippen LogP) is 3.86. The van der Waals surface area contributed by atoms with Crippen LogP contribution in [0.2, 0.25) is 0 Å². The van der Waals surface area contributed by atoms with Crippen LogP contribution in [-0.4, -0.2) is 26.1 Å². The van der Waals surface area contributed by atoms with E-state index < -0.39 is 27.8 Å². The molecule has 2 aromatic carbocycles. The zero-order valence-electron chi connectivity index (χ0n) is 12.2. The summed E-state index contributed by atoms with van der Waals surface area (Å²) in [6.07, 6.45) is -4.64. The molecule has 0 N–H and O–H groups in total. The SMILES string of the molecule is CCCS(=O)(=O)ON=C(c1cccc2ccccc12)C(F)(F)F. The minimum atomic E-state index is -4.86. The van der Waals surface area contributed by atoms with Gasteiger partial charge < -0.3 is 0 Å². The van der Waals surface area contributed by atoms with Crippen molar-refractivity contribution in [1.82, 2.24) is 0 Å². The van der Waals surface area contributed by atoms with Crippen molar-refractivity contribution in [1.29, 1.82) is 0 Å². The van der Waals surface area contributed by atoms with Gasteiger partial charge in [-0.2, -0.15) is 21.6 Å². The second-order valence-corrected chi connectivity index (χ2v) is 6.47. The Morgan fingerprint density at radius 1 is 1.13 bits per heavy atom. The fourth-order valence-corrected chi connectivity index (χ4v) is 2.83. The molecule has 0 radical (unpaired) electrons. The van der Waals surface area contributed by atoms with Crippen molar-refractivity contribution in [3.63, 3.8) is 0 Å². The summed E-state index contributed by atoms with van der Waals surface area (Å²) in [6, 6.07) is 10.8. The summed E-state index contributed by atoms with van der Waals surface area (Å²) in [5.41, 5.74) is -1.61. The van der Waals surface area contributed by atoms with Gasteiger partial charge in [-0.25, -0.2) is 0 Å². The second-order valence-electron chi connectivity index (χ2n) is 4.80. The molecular weight excluding hydrogens is 331 g/mol. The van der Waals surface area contributed by atoms with Gasteiger partial charge in [-0.1, -0.05) is 54.5 Å². The molecule has 0 fully saturated rings. The highest BCUT2D eigenvalue weighted by Crippen LogP contribution is 2.28. The molecule has 4 nitrogen and oxygen atoms in total. The Hall–Kier alpha value is -2.09. The van der Waals surface area contributed by atoms with Gasteiger partial charge in [0.15, 0.2) is 5.71 Å². The highest BCUT2D eigenvalue weighted by molar-refractivity contribution is 7.86. The Labute approximate surface area is 131 Å². The number of hydrogen-bond acceptors (Lipinski definition) is 4. The lowest BCUT2D eigenvalue weighted by Gasteiger charge is -2.12. The smallest absolute Gasteiger partial charge is 0.268 e. The molecule has 0 aliphatic heterocycles. The van der Waals surface area contributed by atoms with E-state index in [9.17, 15) is 21.6 Å². The number of alkyl halides is 3. The van der Waals surface area contributed by atoms with Crippen LogP contribution in [-0.2, 0) is 14.4 Å². The van der Waals surface area contributed by atoms with Crippen LogP contribution in [0.4, 0.5) is 13.2 Å². The number of rotatable bonds is 5. The number of nitrogens with zero attached hydrogens (tertiary/aromatic N) is 1. The van der Waals surface area contributed by atoms with Crippen molar-refractivity contribution in [2.24, 2.45) is 5.16 Å². The molecular formula is C15H14F3NO3S. The van der Waals surface area contributed by atoms with E-state index in [2.05, 4.69) is 9.44 Å². The van der Waals surface area contributed by atoms with Crippen LogP contribution in [0.3, 0.4) is 0 Å². The maximum atomic E-state index is 13.3. The van der Waals surface area contributed by atoms with Crippen LogP contribution in [0.25, 0.3) is 10.8 Å². The first-order chi connectivity index (χ1) is 10.7. The Morgan fingerprint density at radius 2 is 1.78 bits per heavy atom. The van der Waals surface area contributed by atoms with Gasteiger partial charge in [0.1, 0.15) is 0 Å². The normalized spacial score (nSPS) is 13.3. The Kier molecular flexibility index (Phi) is 4.93. The summed E-state index contributed by atoms with van der Waals surface area (Å²) in [5.74, 6) is -0.406. The molecule has 0 spiro atoms. The van der Waals surface area contributed by atoms with Crippen LogP contribution in [0, 0.1) is 0 Å². The van der Waals surface area contributed by atoms with Gasteiger partial charge in [-0.15, -0.1) is 0 Å². The van der Waals surface area contributed by atoms with Crippen molar-refractivity contribution < 1.29 is 25.9 Å². The monoisotopic (exact) mass is 345 g/mol. The van der Waals surface area contributed by atoms with Gasteiger partial charge in [0.2, 0.25) is 0 Å². The molecule has 0 amide bonds. The molecule has 124 valence electrons. The number of fused-ring (bicyclic) bond motifs is 1. The van der Waals surface area contributed by atoms with E-state index in [1.807, 2.05) is 0 Å². The Balaban J connectivity index is 2.55. The highest BCUT2D eigenvalue weighted by Gasteiger charge is 2.39. The van der Waals surface area contributed by atoms with Crippen LogP contribution in [0.1, 0.15) is 18.9 Å². The van der Waals surface area contributed by atoms with E-state index in [1.54, 1.807) is 31.2 Å². The first-order valence-electron chi connectivity index (χ1n) is 6.79. The third-order valence-corrected chi connectivity index (χ3v) is 4.22. The lowest BCUT2D eigenvalue weighted by atomic mass is 10.0. The predicted molar refractivity (Wildman–Crippen MR) is 81.7 cm³/mol. The average Bonchev–Trinajstić information content (AvgIpc) is 2.46. The molecule has 0 aliphatic carbocycles. The molecule has 0 bridgehead atoms. The summed E-state index contributed by atoms with van der Waals surface area (Å²) in [5, 5.41) is 3.80. The number of hydrogen-bond donors (Lipinski definition) is 0. The molecule has 2 aromatic rings. The van der Waals surface area contributed by atoms with E-state index >= 15 is 0 Å². The lowest BCUT2D eigenvalue weighted by Crippen LogP contribution is -2.25. The minimum Gasteiger partial charge on any atom is -0.268 e. The van der Waals surface area contributed by atoms with Crippen LogP contribution in [0.15, 0.2) is 47.6 Å². The molecule has 0 saturated heterocycles. The van der Waals surface area contributed by atoms with Gasteiger partial charge >= 0.3 is 16.3 Å². The van der Waals surface area contributed by atoms with Crippen molar-refractivity contribution in [2.45, 2.75) is 19.5 Å². The molecule has 23 heavy (non-hydrogen) atoms. The van der Waals surface area contributed by atoms with Crippen molar-refractivity contribution >= 4 is 26.6 Å². The summed E-state index contributed by atoms with van der Waals surface area (Å²) in [4.78, 5) is 0. The molecule has 0 aliphatic rings. The Morgan fingerprint density at radius 3 is 2.43 bits per heavy atom. The van der Waals surface area contributed by atoms with Gasteiger partial charge in [0, 0.05) is 5.56 Å². The van der Waals surface area contributed by atoms with Gasteiger partial charge in [-0.05, 0) is 17.2 Å². The van der Waals surface area contributed by atoms with Gasteiger partial charge in [0.05, 0.1) is 5.75 Å². The van der Waals surface area contributed by atoms with Gasteiger partial charge in [0.25, 0.3) is 0 Å². The summed E-state index contributed by atoms with van der Waals surface area (Å²) in [6.45, 7) is 1.57. The van der Waals surface area contributed by atoms with E-state index in [0.29, 0.717) is 10.8 Å². The van der Waals surface area contributed by atoms with Crippen LogP contribution in [0.5, 0.6) is 0 Å². The third kappa shape index (κ3) is 4.22. The van der Waals surface area contributed by atoms with Crippen molar-refractivity contribution in [3.8, 4) is 0 Å². The number of benzene rings is 2. The van der Waals surface area contributed by atoms with Crippen LogP contribution >= 0.6 is 0 Å². The zero-order chi connectivity index (χ0) is 17.1. The van der Waals surface area contributed by atoms with E-state index in [0.717, 1.165) is 0 Å². The lowest BCUT2D eigenvalue weighted by molar-refractivity contribution is -0.0596. The largest absolute Gasteiger partial charge is 0.437 e. The topological polar surface area (TPSA) is 55.7 Å². The zero-order valence-corrected chi connectivity index (χ0v) is 13.0. The third-order valence-electron chi connectivity index (χ3n) is 3.01. The maximum Gasteiger partial charge on any atom is 0.437 e. The fraction of sp³-hybridized carbons (Fsp3) is 0.267. The summed E-state index contributed by atoms with van der Waals surface area (Å²) in [7, 11) is -4.14. The second kappa shape index (κ2) is 6.57. The molecule has 2 rings (SSSR count). The summed E-state index contributed by atoms with van der Waals surface area (Å²) >= 11 is 0. The first kappa shape index (κ1) is 17.3. The number of halogens is 3. The molecule has 0 aromatic heterocycles. The molecule has 8 heteroatoms. The fourth-order valence-electron chi connectivity index (χ4n) is 2.07. The number of oxime groups is 1. The molecule has 0 heterocycles. The average molecular weight is 345 g/mol. The van der Waals surface area contributed by atoms with E-state index in [1.165, 1.54) is 18.2 Å². The Bertz CT molecular complexity index is 824.